The third-order valence-corrected chi connectivity index (χ3v) is 3.53. The number of benzene rings is 1. The zero-order chi connectivity index (χ0) is 13.1. The Hall–Kier alpha value is -1.26. The van der Waals surface area contributed by atoms with Gasteiger partial charge in [0.15, 0.2) is 4.67 Å². The van der Waals surface area contributed by atoms with Gasteiger partial charge in [-0.2, -0.15) is 0 Å². The molecule has 2 rings (SSSR count). The molecule has 2 aromatic rings. The highest BCUT2D eigenvalue weighted by atomic mass is 79.9. The van der Waals surface area contributed by atoms with E-state index in [4.69, 9.17) is 10.2 Å². The summed E-state index contributed by atoms with van der Waals surface area (Å²) in [6, 6.07) is 12.1. The molecule has 0 aliphatic heterocycles. The van der Waals surface area contributed by atoms with E-state index in [2.05, 4.69) is 39.9 Å². The van der Waals surface area contributed by atoms with E-state index in [1.807, 2.05) is 31.3 Å². The molecule has 1 unspecified atom stereocenters. The molecule has 0 saturated carbocycles. The quantitative estimate of drug-likeness (QED) is 0.940. The molecule has 0 spiro atoms. The normalized spacial score (nSPS) is 12.4. The number of rotatable bonds is 4. The Kier molecular flexibility index (Phi) is 4.09. The fraction of sp³-hybridized carbons (Fsp3) is 0.286. The molecule has 96 valence electrons. The smallest absolute Gasteiger partial charge is 0.169 e. The summed E-state index contributed by atoms with van der Waals surface area (Å²) in [7, 11) is 2.04. The molecule has 0 radical (unpaired) electrons. The Morgan fingerprint density at radius 3 is 2.56 bits per heavy atom. The van der Waals surface area contributed by atoms with Crippen LogP contribution in [0.3, 0.4) is 0 Å². The van der Waals surface area contributed by atoms with Gasteiger partial charge < -0.3 is 15.1 Å². The van der Waals surface area contributed by atoms with Gasteiger partial charge in [-0.05, 0) is 46.6 Å². The first-order chi connectivity index (χ1) is 8.63. The highest BCUT2D eigenvalue weighted by Gasteiger charge is 2.20. The van der Waals surface area contributed by atoms with E-state index in [9.17, 15) is 0 Å². The number of anilines is 1. The van der Waals surface area contributed by atoms with Gasteiger partial charge in [0.1, 0.15) is 5.76 Å². The molecule has 0 aliphatic rings. The molecular weight excluding hydrogens is 292 g/mol. The Morgan fingerprint density at radius 1 is 1.28 bits per heavy atom. The van der Waals surface area contributed by atoms with Crippen LogP contribution in [0.15, 0.2) is 45.5 Å². The summed E-state index contributed by atoms with van der Waals surface area (Å²) in [5.74, 6) is 0.870. The number of hydrogen-bond acceptors (Lipinski definition) is 3. The predicted molar refractivity (Wildman–Crippen MR) is 77.8 cm³/mol. The largest absolute Gasteiger partial charge is 0.452 e. The first-order valence-corrected chi connectivity index (χ1v) is 6.66. The van der Waals surface area contributed by atoms with Crippen LogP contribution >= 0.6 is 15.9 Å². The van der Waals surface area contributed by atoms with E-state index >= 15 is 0 Å². The fourth-order valence-corrected chi connectivity index (χ4v) is 2.42. The molecule has 1 heterocycles. The van der Waals surface area contributed by atoms with E-state index in [0.29, 0.717) is 6.54 Å². The lowest BCUT2D eigenvalue weighted by Crippen LogP contribution is -2.30. The van der Waals surface area contributed by atoms with Crippen LogP contribution in [0.5, 0.6) is 0 Å². The van der Waals surface area contributed by atoms with Gasteiger partial charge in [-0.3, -0.25) is 0 Å². The third kappa shape index (κ3) is 2.60. The molecule has 2 N–H and O–H groups in total. The molecule has 0 bridgehead atoms. The number of halogens is 1. The van der Waals surface area contributed by atoms with E-state index in [0.717, 1.165) is 10.4 Å². The zero-order valence-electron chi connectivity index (χ0n) is 10.6. The molecule has 1 aromatic heterocycles. The lowest BCUT2D eigenvalue weighted by Gasteiger charge is -2.28. The van der Waals surface area contributed by atoms with Crippen LogP contribution in [-0.4, -0.2) is 13.6 Å². The zero-order valence-corrected chi connectivity index (χ0v) is 12.1. The summed E-state index contributed by atoms with van der Waals surface area (Å²) in [6.07, 6.45) is 0. The van der Waals surface area contributed by atoms with Gasteiger partial charge in [0.25, 0.3) is 0 Å². The Labute approximate surface area is 116 Å². The number of furan rings is 1. The van der Waals surface area contributed by atoms with Crippen LogP contribution in [0.1, 0.15) is 17.4 Å². The van der Waals surface area contributed by atoms with Gasteiger partial charge in [-0.25, -0.2) is 0 Å². The van der Waals surface area contributed by atoms with Gasteiger partial charge in [0.2, 0.25) is 0 Å². The van der Waals surface area contributed by atoms with Crippen molar-refractivity contribution in [2.24, 2.45) is 5.73 Å². The summed E-state index contributed by atoms with van der Waals surface area (Å²) >= 11 is 3.32. The van der Waals surface area contributed by atoms with Gasteiger partial charge in [0.05, 0.1) is 6.04 Å². The number of aryl methyl sites for hydroxylation is 1. The average Bonchev–Trinajstić information content (AvgIpc) is 2.77. The van der Waals surface area contributed by atoms with Crippen molar-refractivity contribution in [3.05, 3.63) is 52.4 Å². The number of hydrogen-bond donors (Lipinski definition) is 1. The number of nitrogens with two attached hydrogens (primary N) is 1. The maximum Gasteiger partial charge on any atom is 0.169 e. The molecule has 4 heteroatoms. The van der Waals surface area contributed by atoms with Crippen molar-refractivity contribution in [1.29, 1.82) is 0 Å². The lowest BCUT2D eigenvalue weighted by molar-refractivity contribution is 0.444. The number of likely N-dealkylation sites (N-methyl/N-ethyl adjacent to an activating group) is 1. The average molecular weight is 309 g/mol. The molecule has 3 nitrogen and oxygen atoms in total. The first-order valence-electron chi connectivity index (χ1n) is 5.87. The summed E-state index contributed by atoms with van der Waals surface area (Å²) in [6.45, 7) is 2.60. The Bertz CT molecular complexity index is 524. The van der Waals surface area contributed by atoms with E-state index < -0.39 is 0 Å². The topological polar surface area (TPSA) is 42.4 Å². The van der Waals surface area contributed by atoms with Crippen LogP contribution in [-0.2, 0) is 0 Å². The fourth-order valence-electron chi connectivity index (χ4n) is 2.10. The third-order valence-electron chi connectivity index (χ3n) is 3.11. The second-order valence-corrected chi connectivity index (χ2v) is 5.07. The standard InChI is InChI=1S/C14H17BrN2O/c1-10-5-3-4-6-11(10)17(2)12(9-16)13-7-8-14(15)18-13/h3-8,12H,9,16H2,1-2H3. The molecule has 1 atom stereocenters. The number of para-hydroxylation sites is 1. The highest BCUT2D eigenvalue weighted by molar-refractivity contribution is 9.10. The highest BCUT2D eigenvalue weighted by Crippen LogP contribution is 2.29. The van der Waals surface area contributed by atoms with Gasteiger partial charge in [-0.1, -0.05) is 18.2 Å². The molecule has 1 aromatic carbocycles. The molecule has 0 aliphatic carbocycles. The molecular formula is C14H17BrN2O. The van der Waals surface area contributed by atoms with Crippen LogP contribution in [0.25, 0.3) is 0 Å². The van der Waals surface area contributed by atoms with Crippen LogP contribution in [0, 0.1) is 6.92 Å². The van der Waals surface area contributed by atoms with E-state index in [1.165, 1.54) is 11.3 Å². The van der Waals surface area contributed by atoms with Gasteiger partial charge in [0, 0.05) is 19.3 Å². The summed E-state index contributed by atoms with van der Waals surface area (Å²) in [4.78, 5) is 2.15. The van der Waals surface area contributed by atoms with Gasteiger partial charge in [-0.15, -0.1) is 0 Å². The summed E-state index contributed by atoms with van der Waals surface area (Å²) in [5, 5.41) is 0. The molecule has 18 heavy (non-hydrogen) atoms. The summed E-state index contributed by atoms with van der Waals surface area (Å²) < 4.78 is 6.34. The minimum absolute atomic E-state index is 0.0393. The Balaban J connectivity index is 2.31. The van der Waals surface area contributed by atoms with E-state index in [-0.39, 0.29) is 6.04 Å². The van der Waals surface area contributed by atoms with Crippen LogP contribution < -0.4 is 10.6 Å². The second kappa shape index (κ2) is 5.59. The minimum Gasteiger partial charge on any atom is -0.452 e. The first kappa shape index (κ1) is 13.2. The maximum absolute atomic E-state index is 5.89. The van der Waals surface area contributed by atoms with Crippen molar-refractivity contribution in [1.82, 2.24) is 0 Å². The molecule has 0 saturated heterocycles. The van der Waals surface area contributed by atoms with Gasteiger partial charge >= 0.3 is 0 Å². The van der Waals surface area contributed by atoms with Crippen molar-refractivity contribution in [3.63, 3.8) is 0 Å². The second-order valence-electron chi connectivity index (χ2n) is 4.29. The minimum atomic E-state index is 0.0393. The molecule has 0 amide bonds. The lowest BCUT2D eigenvalue weighted by atomic mass is 10.1. The van der Waals surface area contributed by atoms with E-state index in [1.54, 1.807) is 0 Å². The van der Waals surface area contributed by atoms with Crippen molar-refractivity contribution in [2.75, 3.05) is 18.5 Å². The monoisotopic (exact) mass is 308 g/mol. The SMILES string of the molecule is Cc1ccccc1N(C)C(CN)c1ccc(Br)o1. The number of nitrogens with zero attached hydrogens (tertiary/aromatic N) is 1. The maximum atomic E-state index is 5.89. The summed E-state index contributed by atoms with van der Waals surface area (Å²) in [5.41, 5.74) is 8.28. The Morgan fingerprint density at radius 2 is 2.00 bits per heavy atom. The van der Waals surface area contributed by atoms with Crippen LogP contribution in [0.2, 0.25) is 0 Å². The molecule has 0 fully saturated rings. The predicted octanol–water partition coefficient (Wildman–Crippen LogP) is 3.49. The van der Waals surface area contributed by atoms with Crippen LogP contribution in [0.4, 0.5) is 5.69 Å². The van der Waals surface area contributed by atoms with Crippen molar-refractivity contribution >= 4 is 21.6 Å². The van der Waals surface area contributed by atoms with Crippen molar-refractivity contribution in [2.45, 2.75) is 13.0 Å². The van der Waals surface area contributed by atoms with Crippen molar-refractivity contribution < 1.29 is 4.42 Å². The van der Waals surface area contributed by atoms with Crippen molar-refractivity contribution in [3.8, 4) is 0 Å².